The molecule has 1 atom stereocenters. The molecule has 1 aromatic carbocycles. The lowest BCUT2D eigenvalue weighted by Gasteiger charge is -2.29. The fourth-order valence-corrected chi connectivity index (χ4v) is 4.58. The quantitative estimate of drug-likeness (QED) is 0.451. The first-order valence-corrected chi connectivity index (χ1v) is 10.9. The van der Waals surface area contributed by atoms with Crippen molar-refractivity contribution in [2.75, 3.05) is 12.4 Å². The molecule has 0 spiro atoms. The molecular weight excluding hydrogens is 472 g/mol. The van der Waals surface area contributed by atoms with Crippen molar-refractivity contribution < 1.29 is 23.1 Å². The van der Waals surface area contributed by atoms with Crippen molar-refractivity contribution in [1.82, 2.24) is 30.0 Å². The van der Waals surface area contributed by atoms with Gasteiger partial charge in [0.2, 0.25) is 0 Å². The standard InChI is InChI=1S/C24H17F2N7O3/c1-36-23(35)31-24-8-4-7-16-17(24)19(30-22(24)34)29-20(28-16)18-14-9-13(25)10-27-21(14)33(32-18)11-12-5-2-3-6-15(12)26/h2-7,9-10H,8,11H2,1H3,(H,31,35)(H,28,29,30,34)/t24-/m0/s1. The first-order chi connectivity index (χ1) is 17.4. The highest BCUT2D eigenvalue weighted by Crippen LogP contribution is 2.43. The van der Waals surface area contributed by atoms with Gasteiger partial charge in [0.25, 0.3) is 5.91 Å². The van der Waals surface area contributed by atoms with Crippen LogP contribution in [0.4, 0.5) is 19.4 Å². The average molecular weight is 489 g/mol. The van der Waals surface area contributed by atoms with Crippen LogP contribution < -0.4 is 10.6 Å². The Hall–Kier alpha value is -4.74. The molecule has 12 heteroatoms. The van der Waals surface area contributed by atoms with E-state index in [4.69, 9.17) is 4.74 Å². The lowest BCUT2D eigenvalue weighted by Crippen LogP contribution is -2.51. The summed E-state index contributed by atoms with van der Waals surface area (Å²) in [6, 6.07) is 7.50. The van der Waals surface area contributed by atoms with Crippen LogP contribution in [0.3, 0.4) is 0 Å². The number of rotatable bonds is 4. The molecule has 3 aromatic heterocycles. The van der Waals surface area contributed by atoms with Gasteiger partial charge in [0.05, 0.1) is 36.5 Å². The molecular formula is C24H17F2N7O3. The molecule has 1 aliphatic heterocycles. The summed E-state index contributed by atoms with van der Waals surface area (Å²) in [5.41, 5.74) is 0.275. The fourth-order valence-electron chi connectivity index (χ4n) is 4.58. The second kappa shape index (κ2) is 7.90. The van der Waals surface area contributed by atoms with Crippen molar-refractivity contribution in [2.24, 2.45) is 0 Å². The van der Waals surface area contributed by atoms with Crippen molar-refractivity contribution in [3.05, 3.63) is 71.1 Å². The third kappa shape index (κ3) is 3.21. The second-order valence-corrected chi connectivity index (χ2v) is 8.36. The van der Waals surface area contributed by atoms with Gasteiger partial charge in [-0.05, 0) is 18.2 Å². The van der Waals surface area contributed by atoms with E-state index < -0.39 is 29.2 Å². The Morgan fingerprint density at radius 1 is 1.28 bits per heavy atom. The number of alkyl carbamates (subject to hydrolysis) is 1. The number of pyridine rings is 1. The number of aromatic nitrogens is 5. The molecule has 0 bridgehead atoms. The molecule has 36 heavy (non-hydrogen) atoms. The van der Waals surface area contributed by atoms with Gasteiger partial charge in [0.1, 0.15) is 23.1 Å². The summed E-state index contributed by atoms with van der Waals surface area (Å²) in [5, 5.41) is 10.2. The van der Waals surface area contributed by atoms with E-state index >= 15 is 0 Å². The van der Waals surface area contributed by atoms with E-state index in [0.717, 1.165) is 6.20 Å². The van der Waals surface area contributed by atoms with Gasteiger partial charge in [0, 0.05) is 12.0 Å². The first kappa shape index (κ1) is 21.8. The Morgan fingerprint density at radius 3 is 2.92 bits per heavy atom. The number of anilines is 1. The molecule has 2 N–H and O–H groups in total. The zero-order valence-corrected chi connectivity index (χ0v) is 18.7. The van der Waals surface area contributed by atoms with Crippen molar-refractivity contribution in [2.45, 2.75) is 18.5 Å². The van der Waals surface area contributed by atoms with E-state index in [-0.39, 0.29) is 30.3 Å². The molecule has 180 valence electrons. The SMILES string of the molecule is COC(=O)N[C@@]12CC=Cc3nc(-c4nn(Cc5ccccc5F)c5ncc(F)cc45)nc(c31)NC2=O. The lowest BCUT2D eigenvalue weighted by molar-refractivity contribution is -0.121. The number of amides is 2. The largest absolute Gasteiger partial charge is 0.453 e. The van der Waals surface area contributed by atoms with E-state index in [2.05, 4.69) is 30.7 Å². The van der Waals surface area contributed by atoms with Crippen LogP contribution in [0, 0.1) is 11.6 Å². The number of nitrogens with zero attached hydrogens (tertiary/aromatic N) is 5. The lowest BCUT2D eigenvalue weighted by atomic mass is 9.84. The van der Waals surface area contributed by atoms with E-state index in [0.29, 0.717) is 27.9 Å². The Morgan fingerprint density at radius 2 is 2.11 bits per heavy atom. The van der Waals surface area contributed by atoms with Gasteiger partial charge in [-0.1, -0.05) is 24.3 Å². The molecule has 0 saturated carbocycles. The molecule has 2 aliphatic rings. The van der Waals surface area contributed by atoms with Crippen LogP contribution in [0.25, 0.3) is 28.6 Å². The molecule has 4 heterocycles. The van der Waals surface area contributed by atoms with Crippen LogP contribution >= 0.6 is 0 Å². The second-order valence-electron chi connectivity index (χ2n) is 8.36. The van der Waals surface area contributed by atoms with Crippen molar-refractivity contribution >= 4 is 34.9 Å². The number of fused-ring (bicyclic) bond motifs is 1. The van der Waals surface area contributed by atoms with Crippen LogP contribution in [0.2, 0.25) is 0 Å². The number of benzene rings is 1. The number of nitrogens with one attached hydrogen (secondary N) is 2. The number of carbonyl (C=O) groups excluding carboxylic acids is 2. The van der Waals surface area contributed by atoms with E-state index in [1.165, 1.54) is 23.9 Å². The Kier molecular flexibility index (Phi) is 4.78. The maximum absolute atomic E-state index is 14.3. The van der Waals surface area contributed by atoms with Gasteiger partial charge in [-0.25, -0.2) is 33.2 Å². The summed E-state index contributed by atoms with van der Waals surface area (Å²) >= 11 is 0. The number of hydrogen-bond acceptors (Lipinski definition) is 7. The van der Waals surface area contributed by atoms with Gasteiger partial charge in [0.15, 0.2) is 17.0 Å². The normalized spacial score (nSPS) is 17.7. The molecule has 10 nitrogen and oxygen atoms in total. The van der Waals surface area contributed by atoms with Gasteiger partial charge < -0.3 is 15.4 Å². The van der Waals surface area contributed by atoms with Crippen molar-refractivity contribution in [1.29, 1.82) is 0 Å². The number of ether oxygens (including phenoxy) is 1. The van der Waals surface area contributed by atoms with Crippen LogP contribution in [-0.2, 0) is 21.6 Å². The van der Waals surface area contributed by atoms with E-state index in [1.54, 1.807) is 30.4 Å². The third-order valence-corrected chi connectivity index (χ3v) is 6.23. The van der Waals surface area contributed by atoms with Crippen LogP contribution in [0.15, 0.2) is 42.6 Å². The predicted octanol–water partition coefficient (Wildman–Crippen LogP) is 3.14. The molecule has 1 aliphatic carbocycles. The van der Waals surface area contributed by atoms with Crippen molar-refractivity contribution in [3.8, 4) is 11.5 Å². The maximum Gasteiger partial charge on any atom is 0.408 e. The van der Waals surface area contributed by atoms with E-state index in [9.17, 15) is 18.4 Å². The number of hydrogen-bond donors (Lipinski definition) is 2. The number of halogens is 2. The molecule has 2 amide bonds. The summed E-state index contributed by atoms with van der Waals surface area (Å²) in [4.78, 5) is 38.2. The monoisotopic (exact) mass is 489 g/mol. The molecule has 4 aromatic rings. The highest BCUT2D eigenvalue weighted by Gasteiger charge is 2.52. The smallest absolute Gasteiger partial charge is 0.408 e. The molecule has 0 radical (unpaired) electrons. The minimum Gasteiger partial charge on any atom is -0.453 e. The minimum absolute atomic E-state index is 0.0441. The first-order valence-electron chi connectivity index (χ1n) is 10.9. The fraction of sp³-hybridized carbons (Fsp3) is 0.167. The van der Waals surface area contributed by atoms with E-state index in [1.807, 2.05) is 0 Å². The summed E-state index contributed by atoms with van der Waals surface area (Å²) in [6.07, 6.45) is 3.88. The van der Waals surface area contributed by atoms with Crippen LogP contribution in [0.5, 0.6) is 0 Å². The van der Waals surface area contributed by atoms with Gasteiger partial charge >= 0.3 is 6.09 Å². The summed E-state index contributed by atoms with van der Waals surface area (Å²) in [5.74, 6) is -1.19. The van der Waals surface area contributed by atoms with Crippen LogP contribution in [0.1, 0.15) is 23.2 Å². The van der Waals surface area contributed by atoms with Gasteiger partial charge in [-0.3, -0.25) is 4.79 Å². The summed E-state index contributed by atoms with van der Waals surface area (Å²) in [6.45, 7) is 0.0441. The highest BCUT2D eigenvalue weighted by molar-refractivity contribution is 6.08. The maximum atomic E-state index is 14.3. The summed E-state index contributed by atoms with van der Waals surface area (Å²) in [7, 11) is 1.20. The molecule has 0 fully saturated rings. The Labute approximate surface area is 202 Å². The summed E-state index contributed by atoms with van der Waals surface area (Å²) < 4.78 is 34.7. The number of methoxy groups -OCH3 is 1. The Balaban J connectivity index is 1.51. The van der Waals surface area contributed by atoms with Crippen LogP contribution in [-0.4, -0.2) is 43.8 Å². The minimum atomic E-state index is -1.41. The molecule has 6 rings (SSSR count). The topological polar surface area (TPSA) is 124 Å². The van der Waals surface area contributed by atoms with Gasteiger partial charge in [-0.2, -0.15) is 5.10 Å². The van der Waals surface area contributed by atoms with Crippen molar-refractivity contribution in [3.63, 3.8) is 0 Å². The molecule has 0 saturated heterocycles. The predicted molar refractivity (Wildman–Crippen MR) is 124 cm³/mol. The zero-order valence-electron chi connectivity index (χ0n) is 18.7. The average Bonchev–Trinajstić information content (AvgIpc) is 3.35. The highest BCUT2D eigenvalue weighted by atomic mass is 19.1. The number of carbonyl (C=O) groups is 2. The van der Waals surface area contributed by atoms with Gasteiger partial charge in [-0.15, -0.1) is 0 Å². The third-order valence-electron chi connectivity index (χ3n) is 6.23. The Bertz CT molecular complexity index is 1620. The molecule has 0 unspecified atom stereocenters. The zero-order chi connectivity index (χ0) is 25.0.